The predicted octanol–water partition coefficient (Wildman–Crippen LogP) is 3.42. The van der Waals surface area contributed by atoms with Gasteiger partial charge in [-0.05, 0) is 18.6 Å². The molecule has 0 amide bonds. The molecule has 0 saturated heterocycles. The highest BCUT2D eigenvalue weighted by molar-refractivity contribution is 5.37. The molecule has 2 nitrogen and oxygen atoms in total. The molecule has 0 aliphatic rings. The number of halogens is 1. The lowest BCUT2D eigenvalue weighted by Crippen LogP contribution is -2.09. The number of rotatable bonds is 4. The van der Waals surface area contributed by atoms with Crippen LogP contribution in [0.3, 0.4) is 0 Å². The van der Waals surface area contributed by atoms with Crippen molar-refractivity contribution in [2.24, 2.45) is 5.73 Å². The minimum Gasteiger partial charge on any atom is -0.485 e. The highest BCUT2D eigenvalue weighted by Gasteiger charge is 2.12. The summed E-state index contributed by atoms with van der Waals surface area (Å²) in [5, 5.41) is 0. The number of hydrogen-bond donors (Lipinski definition) is 1. The fourth-order valence-electron chi connectivity index (χ4n) is 1.77. The molecule has 0 saturated carbocycles. The highest BCUT2D eigenvalue weighted by Crippen LogP contribution is 2.27. The Hall–Kier alpha value is -1.87. The first-order valence-electron chi connectivity index (χ1n) is 5.89. The van der Waals surface area contributed by atoms with E-state index in [1.54, 1.807) is 12.1 Å². The van der Waals surface area contributed by atoms with Crippen LogP contribution < -0.4 is 10.5 Å². The Morgan fingerprint density at radius 2 is 1.83 bits per heavy atom. The Morgan fingerprint density at radius 1 is 1.11 bits per heavy atom. The molecule has 0 aliphatic heterocycles. The van der Waals surface area contributed by atoms with Crippen molar-refractivity contribution in [1.82, 2.24) is 0 Å². The molecular formula is C15H16FNO. The van der Waals surface area contributed by atoms with Gasteiger partial charge >= 0.3 is 0 Å². The zero-order valence-corrected chi connectivity index (χ0v) is 10.3. The third-order valence-corrected chi connectivity index (χ3v) is 2.71. The first-order valence-corrected chi connectivity index (χ1v) is 5.89. The molecule has 0 spiro atoms. The van der Waals surface area contributed by atoms with Gasteiger partial charge in [-0.15, -0.1) is 0 Å². The largest absolute Gasteiger partial charge is 0.485 e. The van der Waals surface area contributed by atoms with Gasteiger partial charge in [-0.2, -0.15) is 0 Å². The molecule has 2 aromatic rings. The van der Waals surface area contributed by atoms with Crippen LogP contribution in [0.4, 0.5) is 4.39 Å². The first kappa shape index (κ1) is 12.6. The van der Waals surface area contributed by atoms with Crippen LogP contribution in [0.25, 0.3) is 0 Å². The molecule has 0 aliphatic carbocycles. The van der Waals surface area contributed by atoms with Gasteiger partial charge in [0, 0.05) is 11.6 Å². The SMILES string of the molecule is C[C@H](N)c1cccc(F)c1OCc1ccccc1. The molecule has 94 valence electrons. The summed E-state index contributed by atoms with van der Waals surface area (Å²) in [5.41, 5.74) is 7.49. The second-order valence-electron chi connectivity index (χ2n) is 4.22. The van der Waals surface area contributed by atoms with E-state index in [4.69, 9.17) is 10.5 Å². The number of hydrogen-bond acceptors (Lipinski definition) is 2. The third-order valence-electron chi connectivity index (χ3n) is 2.71. The first-order chi connectivity index (χ1) is 8.68. The standard InChI is InChI=1S/C15H16FNO/c1-11(17)13-8-5-9-14(16)15(13)18-10-12-6-3-2-4-7-12/h2-9,11H,10,17H2,1H3/t11-/m0/s1. The van der Waals surface area contributed by atoms with Crippen molar-refractivity contribution in [3.8, 4) is 5.75 Å². The number of benzene rings is 2. The van der Waals surface area contributed by atoms with Crippen molar-refractivity contribution in [3.63, 3.8) is 0 Å². The number of para-hydroxylation sites is 1. The second-order valence-corrected chi connectivity index (χ2v) is 4.22. The molecule has 2 N–H and O–H groups in total. The smallest absolute Gasteiger partial charge is 0.165 e. The molecule has 0 heterocycles. The molecule has 0 bridgehead atoms. The van der Waals surface area contributed by atoms with Crippen molar-refractivity contribution in [2.75, 3.05) is 0 Å². The van der Waals surface area contributed by atoms with E-state index in [1.165, 1.54) is 6.07 Å². The normalized spacial score (nSPS) is 12.2. The van der Waals surface area contributed by atoms with Crippen LogP contribution >= 0.6 is 0 Å². The zero-order chi connectivity index (χ0) is 13.0. The number of nitrogens with two attached hydrogens (primary N) is 1. The van der Waals surface area contributed by atoms with Gasteiger partial charge in [0.05, 0.1) is 0 Å². The summed E-state index contributed by atoms with van der Waals surface area (Å²) in [6, 6.07) is 14.2. The van der Waals surface area contributed by atoms with Crippen LogP contribution in [0.1, 0.15) is 24.1 Å². The molecule has 2 aromatic carbocycles. The second kappa shape index (κ2) is 5.65. The molecule has 0 unspecified atom stereocenters. The zero-order valence-electron chi connectivity index (χ0n) is 10.3. The molecule has 0 fully saturated rings. The van der Waals surface area contributed by atoms with Crippen molar-refractivity contribution >= 4 is 0 Å². The van der Waals surface area contributed by atoms with Crippen LogP contribution in [0.5, 0.6) is 5.75 Å². The van der Waals surface area contributed by atoms with Crippen LogP contribution in [0.15, 0.2) is 48.5 Å². The summed E-state index contributed by atoms with van der Waals surface area (Å²) in [6.45, 7) is 2.14. The van der Waals surface area contributed by atoms with Gasteiger partial charge in [-0.3, -0.25) is 0 Å². The van der Waals surface area contributed by atoms with E-state index in [0.717, 1.165) is 5.56 Å². The topological polar surface area (TPSA) is 35.2 Å². The average molecular weight is 245 g/mol. The van der Waals surface area contributed by atoms with Gasteiger partial charge in [0.25, 0.3) is 0 Å². The van der Waals surface area contributed by atoms with Gasteiger partial charge in [0.15, 0.2) is 11.6 Å². The van der Waals surface area contributed by atoms with Crippen LogP contribution in [0, 0.1) is 5.82 Å². The molecule has 18 heavy (non-hydrogen) atoms. The van der Waals surface area contributed by atoms with Gasteiger partial charge < -0.3 is 10.5 Å². The van der Waals surface area contributed by atoms with Gasteiger partial charge in [-0.25, -0.2) is 4.39 Å². The van der Waals surface area contributed by atoms with Crippen LogP contribution in [-0.2, 0) is 6.61 Å². The quantitative estimate of drug-likeness (QED) is 0.895. The lowest BCUT2D eigenvalue weighted by molar-refractivity contribution is 0.285. The van der Waals surface area contributed by atoms with E-state index in [9.17, 15) is 4.39 Å². The fourth-order valence-corrected chi connectivity index (χ4v) is 1.77. The maximum atomic E-state index is 13.7. The average Bonchev–Trinajstić information content (AvgIpc) is 2.38. The van der Waals surface area contributed by atoms with Gasteiger partial charge in [-0.1, -0.05) is 42.5 Å². The van der Waals surface area contributed by atoms with E-state index in [1.807, 2.05) is 37.3 Å². The van der Waals surface area contributed by atoms with Crippen LogP contribution in [0.2, 0.25) is 0 Å². The van der Waals surface area contributed by atoms with Crippen molar-refractivity contribution in [1.29, 1.82) is 0 Å². The summed E-state index contributed by atoms with van der Waals surface area (Å²) in [5.74, 6) is -0.128. The van der Waals surface area contributed by atoms with Crippen molar-refractivity contribution in [2.45, 2.75) is 19.6 Å². The van der Waals surface area contributed by atoms with E-state index in [2.05, 4.69) is 0 Å². The predicted molar refractivity (Wildman–Crippen MR) is 69.8 cm³/mol. The Balaban J connectivity index is 2.19. The van der Waals surface area contributed by atoms with E-state index in [-0.39, 0.29) is 17.6 Å². The fraction of sp³-hybridized carbons (Fsp3) is 0.200. The minimum absolute atomic E-state index is 0.247. The highest BCUT2D eigenvalue weighted by atomic mass is 19.1. The monoisotopic (exact) mass is 245 g/mol. The van der Waals surface area contributed by atoms with Gasteiger partial charge in [0.2, 0.25) is 0 Å². The summed E-state index contributed by atoms with van der Waals surface area (Å²) >= 11 is 0. The Bertz CT molecular complexity index is 511. The molecule has 0 radical (unpaired) electrons. The molecule has 1 atom stereocenters. The molecular weight excluding hydrogens is 229 g/mol. The van der Waals surface area contributed by atoms with Crippen molar-refractivity contribution in [3.05, 3.63) is 65.5 Å². The van der Waals surface area contributed by atoms with E-state index >= 15 is 0 Å². The summed E-state index contributed by atoms with van der Waals surface area (Å²) in [4.78, 5) is 0. The Kier molecular flexibility index (Phi) is 3.95. The molecule has 2 rings (SSSR count). The molecule has 0 aromatic heterocycles. The molecule has 3 heteroatoms. The lowest BCUT2D eigenvalue weighted by Gasteiger charge is -2.14. The Labute approximate surface area is 106 Å². The Morgan fingerprint density at radius 3 is 2.50 bits per heavy atom. The maximum absolute atomic E-state index is 13.7. The lowest BCUT2D eigenvalue weighted by atomic mass is 10.1. The number of ether oxygens (including phenoxy) is 1. The van der Waals surface area contributed by atoms with Gasteiger partial charge in [0.1, 0.15) is 6.61 Å². The van der Waals surface area contributed by atoms with Crippen molar-refractivity contribution < 1.29 is 9.13 Å². The summed E-state index contributed by atoms with van der Waals surface area (Å²) in [7, 11) is 0. The summed E-state index contributed by atoms with van der Waals surface area (Å²) in [6.07, 6.45) is 0. The summed E-state index contributed by atoms with van der Waals surface area (Å²) < 4.78 is 19.3. The van der Waals surface area contributed by atoms with E-state index in [0.29, 0.717) is 12.2 Å². The maximum Gasteiger partial charge on any atom is 0.165 e. The van der Waals surface area contributed by atoms with Crippen LogP contribution in [-0.4, -0.2) is 0 Å². The van der Waals surface area contributed by atoms with E-state index < -0.39 is 0 Å². The third kappa shape index (κ3) is 2.87. The minimum atomic E-state index is -0.374.